The summed E-state index contributed by atoms with van der Waals surface area (Å²) in [6.45, 7) is 4.62. The molecule has 0 aromatic heterocycles. The zero-order valence-corrected chi connectivity index (χ0v) is 16.0. The van der Waals surface area contributed by atoms with E-state index in [0.717, 1.165) is 34.5 Å². The van der Waals surface area contributed by atoms with Crippen LogP contribution in [-0.2, 0) is 4.79 Å². The van der Waals surface area contributed by atoms with Gasteiger partial charge in [0.1, 0.15) is 17.3 Å². The van der Waals surface area contributed by atoms with E-state index in [9.17, 15) is 4.79 Å². The number of rotatable bonds is 5. The SMILES string of the molecule is CCOc1ccc(C2=C(C=O)[C@H](c3ccc(C)cc3)c3ccccc3O2)cc1. The van der Waals surface area contributed by atoms with Crippen molar-refractivity contribution in [3.63, 3.8) is 0 Å². The molecular formula is C25H22O3. The van der Waals surface area contributed by atoms with E-state index in [1.807, 2.05) is 55.5 Å². The molecule has 3 nitrogen and oxygen atoms in total. The summed E-state index contributed by atoms with van der Waals surface area (Å²) in [5.41, 5.74) is 4.76. The maximum atomic E-state index is 12.2. The van der Waals surface area contributed by atoms with E-state index in [-0.39, 0.29) is 5.92 Å². The van der Waals surface area contributed by atoms with Crippen molar-refractivity contribution in [2.45, 2.75) is 19.8 Å². The number of carbonyl (C=O) groups excluding carboxylic acids is 1. The number of aryl methyl sites for hydroxylation is 1. The van der Waals surface area contributed by atoms with Crippen LogP contribution < -0.4 is 9.47 Å². The summed E-state index contributed by atoms with van der Waals surface area (Å²) < 4.78 is 11.7. The molecule has 0 unspecified atom stereocenters. The first-order valence-corrected chi connectivity index (χ1v) is 9.47. The van der Waals surface area contributed by atoms with Crippen LogP contribution in [0.15, 0.2) is 78.4 Å². The van der Waals surface area contributed by atoms with E-state index in [1.54, 1.807) is 0 Å². The molecule has 1 aliphatic rings. The Balaban J connectivity index is 1.86. The molecule has 0 radical (unpaired) electrons. The summed E-state index contributed by atoms with van der Waals surface area (Å²) in [7, 11) is 0. The highest BCUT2D eigenvalue weighted by atomic mass is 16.5. The van der Waals surface area contributed by atoms with Crippen molar-refractivity contribution in [1.29, 1.82) is 0 Å². The Morgan fingerprint density at radius 1 is 0.964 bits per heavy atom. The number of ether oxygens (including phenoxy) is 2. The van der Waals surface area contributed by atoms with Gasteiger partial charge in [-0.1, -0.05) is 48.0 Å². The topological polar surface area (TPSA) is 35.5 Å². The first-order valence-electron chi connectivity index (χ1n) is 9.47. The molecule has 0 N–H and O–H groups in total. The second-order valence-corrected chi connectivity index (χ2v) is 6.84. The molecule has 0 saturated heterocycles. The molecule has 0 aliphatic carbocycles. The predicted molar refractivity (Wildman–Crippen MR) is 111 cm³/mol. The van der Waals surface area contributed by atoms with Crippen LogP contribution in [0.2, 0.25) is 0 Å². The van der Waals surface area contributed by atoms with Gasteiger partial charge in [0.2, 0.25) is 0 Å². The largest absolute Gasteiger partial charge is 0.494 e. The Labute approximate surface area is 165 Å². The van der Waals surface area contributed by atoms with Gasteiger partial charge in [0.05, 0.1) is 6.61 Å². The zero-order chi connectivity index (χ0) is 19.5. The van der Waals surface area contributed by atoms with E-state index >= 15 is 0 Å². The maximum Gasteiger partial charge on any atom is 0.150 e. The molecule has 140 valence electrons. The van der Waals surface area contributed by atoms with Gasteiger partial charge in [-0.25, -0.2) is 0 Å². The lowest BCUT2D eigenvalue weighted by Crippen LogP contribution is -2.17. The summed E-state index contributed by atoms with van der Waals surface area (Å²) >= 11 is 0. The highest BCUT2D eigenvalue weighted by Crippen LogP contribution is 2.45. The summed E-state index contributed by atoms with van der Waals surface area (Å²) in [6, 6.07) is 23.9. The number of hydrogen-bond donors (Lipinski definition) is 0. The molecule has 28 heavy (non-hydrogen) atoms. The first kappa shape index (κ1) is 18.1. The minimum absolute atomic E-state index is 0.162. The minimum atomic E-state index is -0.162. The lowest BCUT2D eigenvalue weighted by Gasteiger charge is -2.29. The van der Waals surface area contributed by atoms with Crippen LogP contribution in [0.4, 0.5) is 0 Å². The van der Waals surface area contributed by atoms with Crippen LogP contribution in [0.3, 0.4) is 0 Å². The number of allylic oxidation sites excluding steroid dienone is 1. The van der Waals surface area contributed by atoms with Crippen LogP contribution in [-0.4, -0.2) is 12.9 Å². The third kappa shape index (κ3) is 3.31. The van der Waals surface area contributed by atoms with Gasteiger partial charge in [-0.05, 0) is 49.7 Å². The van der Waals surface area contributed by atoms with Crippen molar-refractivity contribution in [1.82, 2.24) is 0 Å². The Kier molecular flexibility index (Phi) is 4.98. The van der Waals surface area contributed by atoms with Crippen molar-refractivity contribution >= 4 is 12.0 Å². The van der Waals surface area contributed by atoms with Gasteiger partial charge in [0.25, 0.3) is 0 Å². The zero-order valence-electron chi connectivity index (χ0n) is 16.0. The molecule has 4 rings (SSSR count). The number of para-hydroxylation sites is 1. The van der Waals surface area contributed by atoms with Crippen LogP contribution in [0.25, 0.3) is 5.76 Å². The number of aldehydes is 1. The van der Waals surface area contributed by atoms with Crippen LogP contribution in [0.5, 0.6) is 11.5 Å². The summed E-state index contributed by atoms with van der Waals surface area (Å²) in [4.78, 5) is 12.2. The smallest absolute Gasteiger partial charge is 0.150 e. The first-order chi connectivity index (χ1) is 13.7. The fourth-order valence-electron chi connectivity index (χ4n) is 3.61. The highest BCUT2D eigenvalue weighted by Gasteiger charge is 2.31. The van der Waals surface area contributed by atoms with Crippen molar-refractivity contribution < 1.29 is 14.3 Å². The third-order valence-corrected chi connectivity index (χ3v) is 4.98. The predicted octanol–water partition coefficient (Wildman–Crippen LogP) is 5.53. The van der Waals surface area contributed by atoms with Crippen molar-refractivity contribution in [2.75, 3.05) is 6.61 Å². The van der Waals surface area contributed by atoms with E-state index in [2.05, 4.69) is 31.2 Å². The fraction of sp³-hybridized carbons (Fsp3) is 0.160. The molecule has 3 aromatic rings. The van der Waals surface area contributed by atoms with Gasteiger partial charge in [0, 0.05) is 22.6 Å². The van der Waals surface area contributed by atoms with Gasteiger partial charge in [-0.3, -0.25) is 4.79 Å². The van der Waals surface area contributed by atoms with Crippen molar-refractivity contribution in [3.8, 4) is 11.5 Å². The van der Waals surface area contributed by atoms with Crippen molar-refractivity contribution in [2.24, 2.45) is 0 Å². The summed E-state index contributed by atoms with van der Waals surface area (Å²) in [5.74, 6) is 2.01. The molecule has 0 amide bonds. The maximum absolute atomic E-state index is 12.2. The van der Waals surface area contributed by atoms with Gasteiger partial charge in [0.15, 0.2) is 6.29 Å². The fourth-order valence-corrected chi connectivity index (χ4v) is 3.61. The molecular weight excluding hydrogens is 348 g/mol. The normalized spacial score (nSPS) is 15.6. The lowest BCUT2D eigenvalue weighted by atomic mass is 9.81. The molecule has 1 aliphatic heterocycles. The van der Waals surface area contributed by atoms with E-state index < -0.39 is 0 Å². The summed E-state index contributed by atoms with van der Waals surface area (Å²) in [6.07, 6.45) is 0.923. The van der Waals surface area contributed by atoms with Crippen LogP contribution in [0, 0.1) is 6.92 Å². The number of benzene rings is 3. The highest BCUT2D eigenvalue weighted by molar-refractivity contribution is 5.91. The molecule has 0 saturated carbocycles. The molecule has 3 aromatic carbocycles. The second kappa shape index (κ2) is 7.73. The van der Waals surface area contributed by atoms with Gasteiger partial charge >= 0.3 is 0 Å². The monoisotopic (exact) mass is 370 g/mol. The molecule has 0 spiro atoms. The molecule has 0 fully saturated rings. The minimum Gasteiger partial charge on any atom is -0.494 e. The number of hydrogen-bond acceptors (Lipinski definition) is 3. The van der Waals surface area contributed by atoms with E-state index in [1.165, 1.54) is 5.56 Å². The molecule has 3 heteroatoms. The Bertz CT molecular complexity index is 1010. The Morgan fingerprint density at radius 3 is 2.36 bits per heavy atom. The molecule has 1 heterocycles. The lowest BCUT2D eigenvalue weighted by molar-refractivity contribution is -0.105. The van der Waals surface area contributed by atoms with E-state index in [4.69, 9.17) is 9.47 Å². The summed E-state index contributed by atoms with van der Waals surface area (Å²) in [5, 5.41) is 0. The molecule has 1 atom stereocenters. The van der Waals surface area contributed by atoms with Gasteiger partial charge < -0.3 is 9.47 Å². The standard InChI is InChI=1S/C25H22O3/c1-3-27-20-14-12-19(13-15-20)25-22(16-26)24(18-10-8-17(2)9-11-18)21-6-4-5-7-23(21)28-25/h4-16,24H,3H2,1-2H3/t24-/m1/s1. The van der Waals surface area contributed by atoms with E-state index in [0.29, 0.717) is 17.9 Å². The van der Waals surface area contributed by atoms with Crippen molar-refractivity contribution in [3.05, 3.63) is 101 Å². The Morgan fingerprint density at radius 2 is 1.68 bits per heavy atom. The van der Waals surface area contributed by atoms with Gasteiger partial charge in [-0.2, -0.15) is 0 Å². The average molecular weight is 370 g/mol. The second-order valence-electron chi connectivity index (χ2n) is 6.84. The van der Waals surface area contributed by atoms with Crippen LogP contribution >= 0.6 is 0 Å². The third-order valence-electron chi connectivity index (χ3n) is 4.98. The van der Waals surface area contributed by atoms with Crippen LogP contribution in [0.1, 0.15) is 35.1 Å². The Hall–Kier alpha value is -3.33. The average Bonchev–Trinajstić information content (AvgIpc) is 2.74. The van der Waals surface area contributed by atoms with Gasteiger partial charge in [-0.15, -0.1) is 0 Å². The molecule has 0 bridgehead atoms. The number of fused-ring (bicyclic) bond motifs is 1. The quantitative estimate of drug-likeness (QED) is 0.554. The number of carbonyl (C=O) groups is 1.